The number of nitrogens with one attached hydrogen (secondary N) is 1. The maximum Gasteiger partial charge on any atom is 0.254 e. The van der Waals surface area contributed by atoms with Crippen molar-refractivity contribution in [3.8, 4) is 11.6 Å². The Bertz CT molecular complexity index is 1760. The van der Waals surface area contributed by atoms with E-state index >= 15 is 0 Å². The minimum Gasteiger partial charge on any atom is -0.495 e. The zero-order chi connectivity index (χ0) is 30.4. The highest BCUT2D eigenvalue weighted by molar-refractivity contribution is 5.96. The number of aliphatic hydroxyl groups is 1. The summed E-state index contributed by atoms with van der Waals surface area (Å²) in [5, 5.41) is 13.5. The Balaban J connectivity index is 1.19. The fraction of sp³-hybridized carbons (Fsp3) is 0.394. The van der Waals surface area contributed by atoms with Crippen LogP contribution in [0.1, 0.15) is 58.8 Å². The molecule has 0 spiro atoms. The van der Waals surface area contributed by atoms with E-state index in [2.05, 4.69) is 16.4 Å². The van der Waals surface area contributed by atoms with Gasteiger partial charge >= 0.3 is 0 Å². The van der Waals surface area contributed by atoms with E-state index < -0.39 is 12.2 Å². The van der Waals surface area contributed by atoms with Crippen molar-refractivity contribution in [3.05, 3.63) is 70.7 Å². The number of aryl methyl sites for hydroxylation is 1. The van der Waals surface area contributed by atoms with Crippen LogP contribution >= 0.6 is 0 Å². The summed E-state index contributed by atoms with van der Waals surface area (Å²) in [6.07, 6.45) is 6.03. The van der Waals surface area contributed by atoms with Crippen LogP contribution in [0.5, 0.6) is 11.6 Å². The Kier molecular flexibility index (Phi) is 7.43. The zero-order valence-corrected chi connectivity index (χ0v) is 25.0. The van der Waals surface area contributed by atoms with E-state index in [0.29, 0.717) is 47.7 Å². The van der Waals surface area contributed by atoms with Gasteiger partial charge in [0.25, 0.3) is 5.91 Å². The number of β-amino-alcohol motifs (C(OH)–C–C–N with tert-alkyl or cyclic N) is 1. The van der Waals surface area contributed by atoms with E-state index in [4.69, 9.17) is 28.6 Å². The molecular weight excluding hydrogens is 562 g/mol. The van der Waals surface area contributed by atoms with Crippen LogP contribution in [0.4, 0.5) is 11.6 Å². The fourth-order valence-electron chi connectivity index (χ4n) is 6.36. The number of carbonyl (C=O) groups excluding carboxylic acids is 1. The Hall–Kier alpha value is -4.48. The van der Waals surface area contributed by atoms with Crippen LogP contribution in [-0.2, 0) is 11.2 Å². The second-order valence-corrected chi connectivity index (χ2v) is 11.5. The molecule has 1 amide bonds. The number of fused-ring (bicyclic) bond motifs is 2. The third kappa shape index (κ3) is 5.26. The van der Waals surface area contributed by atoms with Gasteiger partial charge in [0, 0.05) is 39.1 Å². The molecule has 11 nitrogen and oxygen atoms in total. The van der Waals surface area contributed by atoms with Crippen molar-refractivity contribution in [1.29, 1.82) is 0 Å². The molecule has 1 aliphatic heterocycles. The number of allylic oxidation sites excluding steroid dienone is 1. The molecule has 0 radical (unpaired) electrons. The molecule has 228 valence electrons. The van der Waals surface area contributed by atoms with Crippen molar-refractivity contribution in [2.24, 2.45) is 0 Å². The quantitative estimate of drug-likeness (QED) is 0.291. The van der Waals surface area contributed by atoms with Crippen LogP contribution in [-0.4, -0.2) is 76.5 Å². The highest BCUT2D eigenvalue weighted by Crippen LogP contribution is 2.41. The van der Waals surface area contributed by atoms with Crippen LogP contribution in [0.3, 0.4) is 0 Å². The average Bonchev–Trinajstić information content (AvgIpc) is 3.83. The van der Waals surface area contributed by atoms with E-state index in [1.807, 2.05) is 25.1 Å². The first-order valence-corrected chi connectivity index (χ1v) is 15.0. The second kappa shape index (κ2) is 11.5. The van der Waals surface area contributed by atoms with Gasteiger partial charge in [0.05, 0.1) is 30.2 Å². The number of hydrogen-bond acceptors (Lipinski definition) is 10. The van der Waals surface area contributed by atoms with Crippen molar-refractivity contribution < 1.29 is 28.5 Å². The van der Waals surface area contributed by atoms with E-state index in [0.717, 1.165) is 59.2 Å². The summed E-state index contributed by atoms with van der Waals surface area (Å²) in [4.78, 5) is 29.0. The van der Waals surface area contributed by atoms with Crippen molar-refractivity contribution in [3.63, 3.8) is 0 Å². The Labute approximate surface area is 254 Å². The predicted octanol–water partition coefficient (Wildman–Crippen LogP) is 4.82. The average molecular weight is 598 g/mol. The number of anilines is 2. The number of carbonyl (C=O) groups is 1. The Morgan fingerprint density at radius 3 is 2.68 bits per heavy atom. The van der Waals surface area contributed by atoms with E-state index in [1.54, 1.807) is 30.2 Å². The molecule has 2 aliphatic carbocycles. The number of likely N-dealkylation sites (tertiary alicyclic amines) is 1. The predicted molar refractivity (Wildman–Crippen MR) is 163 cm³/mol. The van der Waals surface area contributed by atoms with Gasteiger partial charge in [-0.15, -0.1) is 0 Å². The molecule has 4 aromatic rings. The summed E-state index contributed by atoms with van der Waals surface area (Å²) >= 11 is 0. The number of ether oxygens (including phenoxy) is 3. The summed E-state index contributed by atoms with van der Waals surface area (Å²) in [6, 6.07) is 11.2. The number of rotatable bonds is 8. The summed E-state index contributed by atoms with van der Waals surface area (Å²) < 4.78 is 23.3. The topological polar surface area (TPSA) is 132 Å². The number of aromatic nitrogens is 3. The summed E-state index contributed by atoms with van der Waals surface area (Å²) in [7, 11) is 3.09. The first kappa shape index (κ1) is 28.3. The number of aliphatic hydroxyl groups excluding tert-OH is 1. The van der Waals surface area contributed by atoms with Gasteiger partial charge in [-0.25, -0.2) is 9.97 Å². The number of methoxy groups -OCH3 is 2. The molecule has 2 atom stereocenters. The fourth-order valence-corrected chi connectivity index (χ4v) is 6.36. The van der Waals surface area contributed by atoms with Crippen LogP contribution < -0.4 is 14.8 Å². The van der Waals surface area contributed by atoms with Crippen molar-refractivity contribution in [2.45, 2.75) is 57.3 Å². The van der Waals surface area contributed by atoms with E-state index in [9.17, 15) is 9.90 Å². The lowest BCUT2D eigenvalue weighted by atomic mass is 10.0. The van der Waals surface area contributed by atoms with Gasteiger partial charge in [-0.05, 0) is 67.2 Å². The Morgan fingerprint density at radius 1 is 1.07 bits per heavy atom. The van der Waals surface area contributed by atoms with Crippen LogP contribution in [0.2, 0.25) is 0 Å². The Morgan fingerprint density at radius 2 is 1.91 bits per heavy atom. The highest BCUT2D eigenvalue weighted by atomic mass is 16.5. The lowest BCUT2D eigenvalue weighted by Gasteiger charge is -2.19. The third-order valence-electron chi connectivity index (χ3n) is 8.63. The lowest BCUT2D eigenvalue weighted by molar-refractivity contribution is 0.0215. The first-order chi connectivity index (χ1) is 21.4. The molecule has 2 aromatic heterocycles. The zero-order valence-electron chi connectivity index (χ0n) is 25.0. The molecule has 2 N–H and O–H groups in total. The minimum absolute atomic E-state index is 0.102. The van der Waals surface area contributed by atoms with Gasteiger partial charge in [-0.2, -0.15) is 4.98 Å². The first-order valence-electron chi connectivity index (χ1n) is 15.0. The SMILES string of the molecule is COc1cc(C(=O)N2CC(OC)[C@H](O)C2)ccc1Nc1nc2c(c(OC3CCCC3)n1)C(c1ccc3nc(C)oc3c1)=CC2. The normalized spacial score (nSPS) is 19.8. The molecule has 2 aromatic carbocycles. The van der Waals surface area contributed by atoms with Crippen LogP contribution in [0.15, 0.2) is 46.9 Å². The molecule has 44 heavy (non-hydrogen) atoms. The third-order valence-corrected chi connectivity index (χ3v) is 8.63. The van der Waals surface area contributed by atoms with Crippen LogP contribution in [0, 0.1) is 6.92 Å². The molecular formula is C33H35N5O6. The number of benzene rings is 2. The lowest BCUT2D eigenvalue weighted by Crippen LogP contribution is -2.30. The van der Waals surface area contributed by atoms with Gasteiger partial charge in [0.1, 0.15) is 23.5 Å². The van der Waals surface area contributed by atoms with Gasteiger partial charge in [0.15, 0.2) is 11.5 Å². The maximum atomic E-state index is 13.2. The molecule has 1 unspecified atom stereocenters. The number of oxazole rings is 1. The standard InChI is InChI=1S/C33H35N5O6/c1-18-34-24-11-8-19(14-28(24)43-18)22-10-13-25-30(22)31(44-21-6-4-5-7-21)37-33(36-25)35-23-12-9-20(15-27(23)41-2)32(40)38-16-26(39)29(17-38)42-3/h8-12,14-15,21,26,29,39H,4-7,13,16-17H2,1-3H3,(H,35,36,37)/t26-,29?/m1/s1. The minimum atomic E-state index is -0.714. The van der Waals surface area contributed by atoms with E-state index in [1.165, 1.54) is 7.11 Å². The summed E-state index contributed by atoms with van der Waals surface area (Å²) in [5.74, 6) is 1.83. The van der Waals surface area contributed by atoms with Crippen molar-refractivity contribution >= 4 is 34.2 Å². The monoisotopic (exact) mass is 597 g/mol. The summed E-state index contributed by atoms with van der Waals surface area (Å²) in [6.45, 7) is 2.39. The molecule has 1 saturated heterocycles. The smallest absolute Gasteiger partial charge is 0.254 e. The molecule has 3 aliphatic rings. The van der Waals surface area contributed by atoms with Gasteiger partial charge < -0.3 is 34.0 Å². The van der Waals surface area contributed by atoms with Gasteiger partial charge in [0.2, 0.25) is 11.8 Å². The molecule has 11 heteroatoms. The second-order valence-electron chi connectivity index (χ2n) is 11.5. The van der Waals surface area contributed by atoms with Crippen LogP contribution in [0.25, 0.3) is 16.7 Å². The van der Waals surface area contributed by atoms with E-state index in [-0.39, 0.29) is 18.6 Å². The number of amides is 1. The molecule has 7 rings (SSSR count). The molecule has 1 saturated carbocycles. The number of hydrogen-bond donors (Lipinski definition) is 2. The van der Waals surface area contributed by atoms with Gasteiger partial charge in [-0.1, -0.05) is 12.1 Å². The van der Waals surface area contributed by atoms with Crippen molar-refractivity contribution in [2.75, 3.05) is 32.6 Å². The summed E-state index contributed by atoms with van der Waals surface area (Å²) in [5.41, 5.74) is 6.39. The van der Waals surface area contributed by atoms with Crippen molar-refractivity contribution in [1.82, 2.24) is 19.9 Å². The number of nitrogens with zero attached hydrogens (tertiary/aromatic N) is 4. The van der Waals surface area contributed by atoms with Gasteiger partial charge in [-0.3, -0.25) is 4.79 Å². The molecule has 3 heterocycles. The molecule has 2 fully saturated rings. The highest BCUT2D eigenvalue weighted by Gasteiger charge is 2.35. The largest absolute Gasteiger partial charge is 0.495 e. The molecule has 0 bridgehead atoms. The maximum absolute atomic E-state index is 13.2.